The Balaban J connectivity index is 1.90. The fraction of sp³-hybridized carbons (Fsp3) is 1.00. The minimum absolute atomic E-state index is 0.461. The zero-order chi connectivity index (χ0) is 13.0. The van der Waals surface area contributed by atoms with Crippen LogP contribution in [0, 0.1) is 11.3 Å². The molecule has 0 spiro atoms. The van der Waals surface area contributed by atoms with Crippen molar-refractivity contribution in [2.24, 2.45) is 11.3 Å². The molecule has 2 fully saturated rings. The van der Waals surface area contributed by atoms with Crippen molar-refractivity contribution < 1.29 is 4.74 Å². The molecule has 1 aliphatic carbocycles. The highest BCUT2D eigenvalue weighted by atomic mass is 16.5. The van der Waals surface area contributed by atoms with E-state index in [0.717, 1.165) is 32.2 Å². The van der Waals surface area contributed by atoms with Gasteiger partial charge in [-0.1, -0.05) is 20.8 Å². The van der Waals surface area contributed by atoms with Gasteiger partial charge in [0.05, 0.1) is 6.61 Å². The molecule has 1 saturated heterocycles. The molecule has 1 N–H and O–H groups in total. The quantitative estimate of drug-likeness (QED) is 0.832. The van der Waals surface area contributed by atoms with Crippen LogP contribution in [0.1, 0.15) is 40.0 Å². The van der Waals surface area contributed by atoms with Crippen LogP contribution in [0.4, 0.5) is 0 Å². The lowest BCUT2D eigenvalue weighted by molar-refractivity contribution is 0.134. The summed E-state index contributed by atoms with van der Waals surface area (Å²) in [4.78, 5) is 2.61. The van der Waals surface area contributed by atoms with Crippen LogP contribution in [0.15, 0.2) is 0 Å². The van der Waals surface area contributed by atoms with Gasteiger partial charge in [0.1, 0.15) is 0 Å². The maximum atomic E-state index is 5.55. The van der Waals surface area contributed by atoms with E-state index >= 15 is 0 Å². The second-order valence-corrected chi connectivity index (χ2v) is 6.59. The molecular formula is C15H30N2O. The van der Waals surface area contributed by atoms with Gasteiger partial charge in [0, 0.05) is 32.3 Å². The van der Waals surface area contributed by atoms with Crippen LogP contribution in [-0.4, -0.2) is 50.3 Å². The molecule has 0 radical (unpaired) electrons. The Kier molecular flexibility index (Phi) is 5.05. The number of nitrogens with one attached hydrogen (secondary N) is 1. The summed E-state index contributed by atoms with van der Waals surface area (Å²) >= 11 is 0. The van der Waals surface area contributed by atoms with Gasteiger partial charge < -0.3 is 15.0 Å². The Morgan fingerprint density at radius 2 is 2.11 bits per heavy atom. The number of ether oxygens (including phenoxy) is 1. The predicted octanol–water partition coefficient (Wildman–Crippen LogP) is 2.12. The Bertz CT molecular complexity index is 247. The van der Waals surface area contributed by atoms with Gasteiger partial charge >= 0.3 is 0 Å². The largest absolute Gasteiger partial charge is 0.380 e. The van der Waals surface area contributed by atoms with Gasteiger partial charge in [-0.2, -0.15) is 0 Å². The summed E-state index contributed by atoms with van der Waals surface area (Å²) in [6.45, 7) is 13.6. The van der Waals surface area contributed by atoms with Gasteiger partial charge in [-0.15, -0.1) is 0 Å². The Labute approximate surface area is 112 Å². The number of rotatable bonds is 4. The van der Waals surface area contributed by atoms with Crippen molar-refractivity contribution in [2.75, 3.05) is 39.4 Å². The topological polar surface area (TPSA) is 24.5 Å². The maximum absolute atomic E-state index is 5.55. The van der Waals surface area contributed by atoms with Crippen molar-refractivity contribution in [3.63, 3.8) is 0 Å². The molecule has 3 nitrogen and oxygen atoms in total. The average molecular weight is 254 g/mol. The first-order chi connectivity index (χ1) is 8.63. The second-order valence-electron chi connectivity index (χ2n) is 6.59. The molecule has 0 aromatic heterocycles. The number of hydrogen-bond donors (Lipinski definition) is 1. The summed E-state index contributed by atoms with van der Waals surface area (Å²) in [6, 6.07) is 0.687. The summed E-state index contributed by atoms with van der Waals surface area (Å²) in [5.41, 5.74) is 0.461. The summed E-state index contributed by atoms with van der Waals surface area (Å²) < 4.78 is 5.55. The van der Waals surface area contributed by atoms with Crippen molar-refractivity contribution in [1.82, 2.24) is 10.2 Å². The molecule has 106 valence electrons. The third kappa shape index (κ3) is 3.46. The molecule has 2 rings (SSSR count). The molecule has 1 aliphatic heterocycles. The van der Waals surface area contributed by atoms with E-state index in [2.05, 4.69) is 31.0 Å². The van der Waals surface area contributed by atoms with Crippen LogP contribution >= 0.6 is 0 Å². The zero-order valence-electron chi connectivity index (χ0n) is 12.4. The third-order valence-electron chi connectivity index (χ3n) is 4.70. The first-order valence-electron chi connectivity index (χ1n) is 7.67. The summed E-state index contributed by atoms with van der Waals surface area (Å²) in [7, 11) is 0. The molecule has 0 aromatic rings. The SMILES string of the molecule is CCNC1C(CN2CCCOCC2)CCC1(C)C. The van der Waals surface area contributed by atoms with Gasteiger partial charge in [0.25, 0.3) is 0 Å². The van der Waals surface area contributed by atoms with Crippen molar-refractivity contribution in [1.29, 1.82) is 0 Å². The molecule has 3 heteroatoms. The van der Waals surface area contributed by atoms with E-state index in [1.165, 1.54) is 32.4 Å². The Hall–Kier alpha value is -0.120. The molecule has 1 saturated carbocycles. The van der Waals surface area contributed by atoms with E-state index < -0.39 is 0 Å². The average Bonchev–Trinajstić information content (AvgIpc) is 2.56. The Morgan fingerprint density at radius 1 is 1.28 bits per heavy atom. The maximum Gasteiger partial charge on any atom is 0.0593 e. The highest BCUT2D eigenvalue weighted by Gasteiger charge is 2.41. The predicted molar refractivity (Wildman–Crippen MR) is 75.8 cm³/mol. The van der Waals surface area contributed by atoms with Crippen LogP contribution in [-0.2, 0) is 4.74 Å². The lowest BCUT2D eigenvalue weighted by atomic mass is 9.84. The molecule has 2 atom stereocenters. The molecular weight excluding hydrogens is 224 g/mol. The van der Waals surface area contributed by atoms with Crippen LogP contribution in [0.2, 0.25) is 0 Å². The minimum Gasteiger partial charge on any atom is -0.380 e. The van der Waals surface area contributed by atoms with Crippen molar-refractivity contribution in [3.05, 3.63) is 0 Å². The molecule has 2 aliphatic rings. The molecule has 2 unspecified atom stereocenters. The van der Waals surface area contributed by atoms with Crippen molar-refractivity contribution >= 4 is 0 Å². The van der Waals surface area contributed by atoms with Crippen LogP contribution in [0.25, 0.3) is 0 Å². The number of nitrogens with zero attached hydrogens (tertiary/aromatic N) is 1. The lowest BCUT2D eigenvalue weighted by Gasteiger charge is -2.34. The smallest absolute Gasteiger partial charge is 0.0593 e. The van der Waals surface area contributed by atoms with Crippen molar-refractivity contribution in [2.45, 2.75) is 46.1 Å². The minimum atomic E-state index is 0.461. The molecule has 0 bridgehead atoms. The van der Waals surface area contributed by atoms with Crippen LogP contribution < -0.4 is 5.32 Å². The van der Waals surface area contributed by atoms with Gasteiger partial charge in [0.2, 0.25) is 0 Å². The first kappa shape index (κ1) is 14.3. The van der Waals surface area contributed by atoms with E-state index in [1.54, 1.807) is 0 Å². The Morgan fingerprint density at radius 3 is 2.89 bits per heavy atom. The highest BCUT2D eigenvalue weighted by molar-refractivity contribution is 4.97. The molecule has 18 heavy (non-hydrogen) atoms. The van der Waals surface area contributed by atoms with Crippen molar-refractivity contribution in [3.8, 4) is 0 Å². The van der Waals surface area contributed by atoms with E-state index in [1.807, 2.05) is 0 Å². The zero-order valence-corrected chi connectivity index (χ0v) is 12.4. The normalized spacial score (nSPS) is 33.5. The van der Waals surface area contributed by atoms with Crippen LogP contribution in [0.5, 0.6) is 0 Å². The van der Waals surface area contributed by atoms with E-state index in [9.17, 15) is 0 Å². The van der Waals surface area contributed by atoms with Gasteiger partial charge in [-0.3, -0.25) is 0 Å². The third-order valence-corrected chi connectivity index (χ3v) is 4.70. The summed E-state index contributed by atoms with van der Waals surface area (Å²) in [6.07, 6.45) is 3.93. The molecule has 0 aromatic carbocycles. The fourth-order valence-corrected chi connectivity index (χ4v) is 3.69. The molecule has 0 amide bonds. The fourth-order valence-electron chi connectivity index (χ4n) is 3.69. The summed E-state index contributed by atoms with van der Waals surface area (Å²) in [5, 5.41) is 3.73. The first-order valence-corrected chi connectivity index (χ1v) is 7.67. The van der Waals surface area contributed by atoms with Crippen LogP contribution in [0.3, 0.4) is 0 Å². The second kappa shape index (κ2) is 6.36. The van der Waals surface area contributed by atoms with E-state index in [0.29, 0.717) is 11.5 Å². The van der Waals surface area contributed by atoms with Gasteiger partial charge in [-0.25, -0.2) is 0 Å². The number of hydrogen-bond acceptors (Lipinski definition) is 3. The lowest BCUT2D eigenvalue weighted by Crippen LogP contribution is -2.46. The van der Waals surface area contributed by atoms with E-state index in [-0.39, 0.29) is 0 Å². The molecule has 1 heterocycles. The monoisotopic (exact) mass is 254 g/mol. The van der Waals surface area contributed by atoms with Gasteiger partial charge in [0.15, 0.2) is 0 Å². The van der Waals surface area contributed by atoms with Gasteiger partial charge in [-0.05, 0) is 37.1 Å². The highest BCUT2D eigenvalue weighted by Crippen LogP contribution is 2.41. The summed E-state index contributed by atoms with van der Waals surface area (Å²) in [5.74, 6) is 0.818. The van der Waals surface area contributed by atoms with E-state index in [4.69, 9.17) is 4.74 Å². The standard InChI is InChI=1S/C15H30N2O/c1-4-16-14-13(6-7-15(14,2)3)12-17-8-5-10-18-11-9-17/h13-14,16H,4-12H2,1-3H3.